The van der Waals surface area contributed by atoms with E-state index >= 15 is 0 Å². The van der Waals surface area contributed by atoms with Crippen LogP contribution in [0.5, 0.6) is 0 Å². The average Bonchev–Trinajstić information content (AvgIpc) is 3.19. The molecule has 10 heteroatoms. The van der Waals surface area contributed by atoms with E-state index < -0.39 is 16.1 Å². The van der Waals surface area contributed by atoms with E-state index in [-0.39, 0.29) is 11.8 Å². The fraction of sp³-hybridized carbons (Fsp3) is 0.364. The standard InChI is InChI=1S/C22H23Cl2N3O4S/c1-32(30,31)27-11-9-14-12-15(5-8-19(14)27)22(29)26-10-3-2-4-20(26)21(28)25-16-6-7-17(23)18(24)13-16/h5-8,12-13,20H,2-4,9-11H2,1H3,(H,25,28). The summed E-state index contributed by atoms with van der Waals surface area (Å²) in [6.45, 7) is 0.842. The van der Waals surface area contributed by atoms with Gasteiger partial charge in [0.25, 0.3) is 5.91 Å². The van der Waals surface area contributed by atoms with Crippen LogP contribution in [0.4, 0.5) is 11.4 Å². The highest BCUT2D eigenvalue weighted by Crippen LogP contribution is 2.32. The largest absolute Gasteiger partial charge is 0.327 e. The molecule has 2 amide bonds. The number of hydrogen-bond acceptors (Lipinski definition) is 4. The maximum absolute atomic E-state index is 13.3. The number of likely N-dealkylation sites (tertiary alicyclic amines) is 1. The number of carbonyl (C=O) groups excluding carboxylic acids is 2. The molecule has 0 spiro atoms. The fourth-order valence-corrected chi connectivity index (χ4v) is 5.52. The van der Waals surface area contributed by atoms with E-state index in [1.807, 2.05) is 0 Å². The minimum atomic E-state index is -3.36. The number of nitrogens with zero attached hydrogens (tertiary/aromatic N) is 2. The molecule has 2 heterocycles. The number of anilines is 2. The number of nitrogens with one attached hydrogen (secondary N) is 1. The van der Waals surface area contributed by atoms with Gasteiger partial charge < -0.3 is 10.2 Å². The molecule has 2 aliphatic rings. The summed E-state index contributed by atoms with van der Waals surface area (Å²) in [5, 5.41) is 3.56. The number of fused-ring (bicyclic) bond motifs is 1. The third-order valence-corrected chi connectivity index (χ3v) is 7.75. The van der Waals surface area contributed by atoms with Crippen LogP contribution in [0, 0.1) is 0 Å². The molecule has 0 radical (unpaired) electrons. The van der Waals surface area contributed by atoms with Crippen LogP contribution in [-0.2, 0) is 21.2 Å². The molecule has 170 valence electrons. The van der Waals surface area contributed by atoms with Crippen LogP contribution in [0.15, 0.2) is 36.4 Å². The number of piperidine rings is 1. The minimum Gasteiger partial charge on any atom is -0.327 e. The fourth-order valence-electron chi connectivity index (χ4n) is 4.26. The van der Waals surface area contributed by atoms with Gasteiger partial charge in [-0.15, -0.1) is 0 Å². The van der Waals surface area contributed by atoms with Crippen LogP contribution in [0.3, 0.4) is 0 Å². The van der Waals surface area contributed by atoms with Gasteiger partial charge in [-0.2, -0.15) is 0 Å². The Balaban J connectivity index is 1.54. The van der Waals surface area contributed by atoms with Gasteiger partial charge in [0.1, 0.15) is 6.04 Å². The van der Waals surface area contributed by atoms with Gasteiger partial charge >= 0.3 is 0 Å². The molecule has 1 unspecified atom stereocenters. The first-order valence-electron chi connectivity index (χ1n) is 10.3. The molecule has 1 atom stereocenters. The number of hydrogen-bond donors (Lipinski definition) is 1. The summed E-state index contributed by atoms with van der Waals surface area (Å²) in [5.74, 6) is -0.513. The molecule has 2 aromatic rings. The van der Waals surface area contributed by atoms with Crippen molar-refractivity contribution in [2.24, 2.45) is 0 Å². The number of carbonyl (C=O) groups is 2. The number of amides is 2. The Hall–Kier alpha value is -2.29. The van der Waals surface area contributed by atoms with Gasteiger partial charge in [-0.1, -0.05) is 23.2 Å². The maximum Gasteiger partial charge on any atom is 0.254 e. The SMILES string of the molecule is CS(=O)(=O)N1CCc2cc(C(=O)N3CCCCC3C(=O)Nc3ccc(Cl)c(Cl)c3)ccc21. The van der Waals surface area contributed by atoms with Crippen LogP contribution >= 0.6 is 23.2 Å². The molecule has 1 fully saturated rings. The summed E-state index contributed by atoms with van der Waals surface area (Å²) in [5.41, 5.74) is 2.39. The molecule has 2 aromatic carbocycles. The third-order valence-electron chi connectivity index (χ3n) is 5.83. The van der Waals surface area contributed by atoms with Gasteiger partial charge in [-0.3, -0.25) is 13.9 Å². The van der Waals surface area contributed by atoms with Gasteiger partial charge in [0, 0.05) is 24.3 Å². The molecule has 0 saturated carbocycles. The third kappa shape index (κ3) is 4.58. The molecule has 1 saturated heterocycles. The molecule has 0 bridgehead atoms. The highest BCUT2D eigenvalue weighted by atomic mass is 35.5. The Kier molecular flexibility index (Phi) is 6.38. The molecule has 4 rings (SSSR count). The zero-order chi connectivity index (χ0) is 23.0. The van der Waals surface area contributed by atoms with Gasteiger partial charge in [0.2, 0.25) is 15.9 Å². The Labute approximate surface area is 197 Å². The summed E-state index contributed by atoms with van der Waals surface area (Å²) in [6, 6.07) is 9.28. The van der Waals surface area contributed by atoms with Crippen molar-refractivity contribution in [3.63, 3.8) is 0 Å². The molecular weight excluding hydrogens is 473 g/mol. The van der Waals surface area contributed by atoms with Gasteiger partial charge in [-0.25, -0.2) is 8.42 Å². The summed E-state index contributed by atoms with van der Waals surface area (Å²) >= 11 is 12.0. The predicted octanol–water partition coefficient (Wildman–Crippen LogP) is 3.95. The quantitative estimate of drug-likeness (QED) is 0.695. The lowest BCUT2D eigenvalue weighted by Crippen LogP contribution is -2.50. The van der Waals surface area contributed by atoms with Gasteiger partial charge in [0.05, 0.1) is 22.0 Å². The summed E-state index contributed by atoms with van der Waals surface area (Å²) in [4.78, 5) is 27.9. The summed E-state index contributed by atoms with van der Waals surface area (Å²) in [7, 11) is -3.36. The van der Waals surface area contributed by atoms with E-state index in [0.29, 0.717) is 52.9 Å². The zero-order valence-corrected chi connectivity index (χ0v) is 19.8. The molecule has 1 N–H and O–H groups in total. The predicted molar refractivity (Wildman–Crippen MR) is 126 cm³/mol. The molecule has 32 heavy (non-hydrogen) atoms. The van der Waals surface area contributed by atoms with E-state index in [9.17, 15) is 18.0 Å². The molecule has 0 aromatic heterocycles. The Morgan fingerprint density at radius 2 is 1.81 bits per heavy atom. The highest BCUT2D eigenvalue weighted by molar-refractivity contribution is 7.92. The number of halogens is 2. The van der Waals surface area contributed by atoms with Crippen LogP contribution in [0.2, 0.25) is 10.0 Å². The molecule has 0 aliphatic carbocycles. The van der Waals surface area contributed by atoms with E-state index in [2.05, 4.69) is 5.32 Å². The van der Waals surface area contributed by atoms with Crippen LogP contribution < -0.4 is 9.62 Å². The second-order valence-electron chi connectivity index (χ2n) is 8.06. The van der Waals surface area contributed by atoms with Crippen molar-refractivity contribution in [3.8, 4) is 0 Å². The first-order valence-corrected chi connectivity index (χ1v) is 12.9. The van der Waals surface area contributed by atoms with Crippen LogP contribution in [0.25, 0.3) is 0 Å². The monoisotopic (exact) mass is 495 g/mol. The zero-order valence-electron chi connectivity index (χ0n) is 17.5. The lowest BCUT2D eigenvalue weighted by molar-refractivity contribution is -0.121. The van der Waals surface area contributed by atoms with Crippen LogP contribution in [-0.4, -0.2) is 50.5 Å². The first kappa shape index (κ1) is 22.9. The summed E-state index contributed by atoms with van der Waals surface area (Å²) < 4.78 is 25.3. The number of benzene rings is 2. The Morgan fingerprint density at radius 1 is 1.03 bits per heavy atom. The van der Waals surface area contributed by atoms with Crippen molar-refractivity contribution < 1.29 is 18.0 Å². The van der Waals surface area contributed by atoms with E-state index in [1.54, 1.807) is 41.3 Å². The molecule has 7 nitrogen and oxygen atoms in total. The van der Waals surface area contributed by atoms with Crippen molar-refractivity contribution in [1.82, 2.24) is 4.90 Å². The topological polar surface area (TPSA) is 86.8 Å². The normalized spacial score (nSPS) is 18.4. The number of rotatable bonds is 4. The maximum atomic E-state index is 13.3. The van der Waals surface area contributed by atoms with Gasteiger partial charge in [-0.05, 0) is 67.6 Å². The van der Waals surface area contributed by atoms with Crippen molar-refractivity contribution in [2.45, 2.75) is 31.7 Å². The molecule has 2 aliphatic heterocycles. The van der Waals surface area contributed by atoms with E-state index in [1.165, 1.54) is 10.6 Å². The lowest BCUT2D eigenvalue weighted by Gasteiger charge is -2.35. The lowest BCUT2D eigenvalue weighted by atomic mass is 9.99. The summed E-state index contributed by atoms with van der Waals surface area (Å²) in [6.07, 6.45) is 3.94. The first-order chi connectivity index (χ1) is 15.1. The van der Waals surface area contributed by atoms with Crippen molar-refractivity contribution in [3.05, 3.63) is 57.6 Å². The minimum absolute atomic E-state index is 0.236. The highest BCUT2D eigenvalue weighted by Gasteiger charge is 2.34. The van der Waals surface area contributed by atoms with Crippen molar-refractivity contribution in [1.29, 1.82) is 0 Å². The second kappa shape index (κ2) is 8.92. The average molecular weight is 496 g/mol. The van der Waals surface area contributed by atoms with E-state index in [0.717, 1.165) is 18.4 Å². The second-order valence-corrected chi connectivity index (χ2v) is 10.8. The van der Waals surface area contributed by atoms with Gasteiger partial charge in [0.15, 0.2) is 0 Å². The smallest absolute Gasteiger partial charge is 0.254 e. The van der Waals surface area contributed by atoms with Crippen molar-refractivity contribution >= 4 is 56.4 Å². The Morgan fingerprint density at radius 3 is 2.53 bits per heavy atom. The van der Waals surface area contributed by atoms with E-state index in [4.69, 9.17) is 23.2 Å². The van der Waals surface area contributed by atoms with Crippen molar-refractivity contribution in [2.75, 3.05) is 29.0 Å². The molecular formula is C22H23Cl2N3O4S. The number of sulfonamides is 1. The van der Waals surface area contributed by atoms with Crippen LogP contribution in [0.1, 0.15) is 35.2 Å². The Bertz CT molecular complexity index is 1190.